The molecule has 0 saturated carbocycles. The van der Waals surface area contributed by atoms with Gasteiger partial charge in [0.25, 0.3) is 0 Å². The number of likely N-dealkylation sites (tertiary alicyclic amines) is 1. The summed E-state index contributed by atoms with van der Waals surface area (Å²) < 4.78 is 5.26. The third-order valence-electron chi connectivity index (χ3n) is 3.05. The summed E-state index contributed by atoms with van der Waals surface area (Å²) in [5.74, 6) is 0.895. The Morgan fingerprint density at radius 2 is 2.47 bits per heavy atom. The second-order valence-electron chi connectivity index (χ2n) is 4.52. The predicted octanol–water partition coefficient (Wildman–Crippen LogP) is 1.04. The van der Waals surface area contributed by atoms with E-state index in [-0.39, 0.29) is 5.91 Å². The van der Waals surface area contributed by atoms with Crippen molar-refractivity contribution in [2.75, 3.05) is 39.9 Å². The van der Waals surface area contributed by atoms with E-state index < -0.39 is 0 Å². The van der Waals surface area contributed by atoms with Crippen LogP contribution in [-0.4, -0.2) is 50.7 Å². The van der Waals surface area contributed by atoms with E-state index in [1.54, 1.807) is 6.08 Å². The van der Waals surface area contributed by atoms with Gasteiger partial charge in [0.1, 0.15) is 0 Å². The quantitative estimate of drug-likeness (QED) is 0.509. The Bertz CT molecular complexity index is 244. The maximum absolute atomic E-state index is 11.9. The van der Waals surface area contributed by atoms with Crippen LogP contribution in [0, 0.1) is 5.92 Å². The average molecular weight is 240 g/mol. The van der Waals surface area contributed by atoms with Gasteiger partial charge in [0.2, 0.25) is 5.91 Å². The summed E-state index contributed by atoms with van der Waals surface area (Å²) in [6.07, 6.45) is 4.26. The standard InChI is InChI=1S/C13H24N2O2/c1-3-8-17-9-4-5-13(16)15-7-6-12(11-15)10-14-2/h3,12,14H,1,4-11H2,2H3. The fourth-order valence-electron chi connectivity index (χ4n) is 2.16. The molecule has 4 heteroatoms. The Morgan fingerprint density at radius 1 is 1.65 bits per heavy atom. The zero-order chi connectivity index (χ0) is 12.5. The Balaban J connectivity index is 2.10. The number of hydrogen-bond acceptors (Lipinski definition) is 3. The molecule has 98 valence electrons. The number of nitrogens with zero attached hydrogens (tertiary/aromatic N) is 1. The van der Waals surface area contributed by atoms with E-state index >= 15 is 0 Å². The lowest BCUT2D eigenvalue weighted by molar-refractivity contribution is -0.130. The molecular weight excluding hydrogens is 216 g/mol. The molecule has 1 aliphatic heterocycles. The third kappa shape index (κ3) is 5.33. The van der Waals surface area contributed by atoms with Gasteiger partial charge in [-0.2, -0.15) is 0 Å². The smallest absolute Gasteiger partial charge is 0.222 e. The van der Waals surface area contributed by atoms with Crippen LogP contribution in [0.3, 0.4) is 0 Å². The van der Waals surface area contributed by atoms with Crippen molar-refractivity contribution in [3.8, 4) is 0 Å². The molecule has 4 nitrogen and oxygen atoms in total. The van der Waals surface area contributed by atoms with E-state index in [0.29, 0.717) is 25.6 Å². The molecule has 0 aromatic heterocycles. The number of rotatable bonds is 8. The molecular formula is C13H24N2O2. The lowest BCUT2D eigenvalue weighted by atomic mass is 10.1. The zero-order valence-corrected chi connectivity index (χ0v) is 10.8. The first-order chi connectivity index (χ1) is 8.27. The summed E-state index contributed by atoms with van der Waals surface area (Å²) in [7, 11) is 1.96. The highest BCUT2D eigenvalue weighted by atomic mass is 16.5. The van der Waals surface area contributed by atoms with Gasteiger partial charge in [-0.25, -0.2) is 0 Å². The second-order valence-corrected chi connectivity index (χ2v) is 4.52. The molecule has 17 heavy (non-hydrogen) atoms. The molecule has 1 atom stereocenters. The number of amides is 1. The first-order valence-electron chi connectivity index (χ1n) is 6.39. The Kier molecular flexibility index (Phi) is 6.89. The highest BCUT2D eigenvalue weighted by Crippen LogP contribution is 2.16. The van der Waals surface area contributed by atoms with Crippen LogP contribution in [0.2, 0.25) is 0 Å². The Labute approximate surface area is 104 Å². The minimum atomic E-state index is 0.269. The minimum Gasteiger partial charge on any atom is -0.377 e. The molecule has 1 aliphatic rings. The minimum absolute atomic E-state index is 0.269. The lowest BCUT2D eigenvalue weighted by Gasteiger charge is -2.16. The third-order valence-corrected chi connectivity index (χ3v) is 3.05. The first kappa shape index (κ1) is 14.2. The zero-order valence-electron chi connectivity index (χ0n) is 10.8. The van der Waals surface area contributed by atoms with Gasteiger partial charge in [-0.15, -0.1) is 6.58 Å². The molecule has 1 saturated heterocycles. The summed E-state index contributed by atoms with van der Waals surface area (Å²) in [4.78, 5) is 13.8. The van der Waals surface area contributed by atoms with Crippen LogP contribution >= 0.6 is 0 Å². The van der Waals surface area contributed by atoms with Crippen molar-refractivity contribution in [3.63, 3.8) is 0 Å². The van der Waals surface area contributed by atoms with Gasteiger partial charge in [0.15, 0.2) is 0 Å². The largest absolute Gasteiger partial charge is 0.377 e. The van der Waals surface area contributed by atoms with Crippen molar-refractivity contribution < 1.29 is 9.53 Å². The Morgan fingerprint density at radius 3 is 3.18 bits per heavy atom. The van der Waals surface area contributed by atoms with E-state index in [9.17, 15) is 4.79 Å². The summed E-state index contributed by atoms with van der Waals surface area (Å²) in [5, 5.41) is 3.17. The molecule has 1 unspecified atom stereocenters. The van der Waals surface area contributed by atoms with Gasteiger partial charge in [0.05, 0.1) is 6.61 Å². The van der Waals surface area contributed by atoms with E-state index in [2.05, 4.69) is 11.9 Å². The monoisotopic (exact) mass is 240 g/mol. The van der Waals surface area contributed by atoms with Crippen LogP contribution in [0.1, 0.15) is 19.3 Å². The van der Waals surface area contributed by atoms with Crippen LogP contribution in [0.5, 0.6) is 0 Å². The van der Waals surface area contributed by atoms with Gasteiger partial charge in [-0.1, -0.05) is 6.08 Å². The van der Waals surface area contributed by atoms with Gasteiger partial charge in [-0.05, 0) is 32.4 Å². The molecule has 0 aromatic carbocycles. The SMILES string of the molecule is C=CCOCCCC(=O)N1CCC(CNC)C1. The van der Waals surface area contributed by atoms with Crippen LogP contribution < -0.4 is 5.32 Å². The van der Waals surface area contributed by atoms with Gasteiger partial charge >= 0.3 is 0 Å². The molecule has 0 radical (unpaired) electrons. The maximum Gasteiger partial charge on any atom is 0.222 e. The fourth-order valence-corrected chi connectivity index (χ4v) is 2.16. The lowest BCUT2D eigenvalue weighted by Crippen LogP contribution is -2.30. The van der Waals surface area contributed by atoms with E-state index in [4.69, 9.17) is 4.74 Å². The Hall–Kier alpha value is -0.870. The van der Waals surface area contributed by atoms with E-state index in [0.717, 1.165) is 32.5 Å². The maximum atomic E-state index is 11.9. The summed E-state index contributed by atoms with van der Waals surface area (Å²) >= 11 is 0. The topological polar surface area (TPSA) is 41.6 Å². The average Bonchev–Trinajstić information content (AvgIpc) is 2.78. The molecule has 1 amide bonds. The van der Waals surface area contributed by atoms with Crippen molar-refractivity contribution in [2.24, 2.45) is 5.92 Å². The van der Waals surface area contributed by atoms with Crippen molar-refractivity contribution >= 4 is 5.91 Å². The van der Waals surface area contributed by atoms with Crippen LogP contribution in [0.25, 0.3) is 0 Å². The molecule has 1 heterocycles. The summed E-state index contributed by atoms with van der Waals surface area (Å²) in [6.45, 7) is 7.62. The fraction of sp³-hybridized carbons (Fsp3) is 0.769. The van der Waals surface area contributed by atoms with Crippen molar-refractivity contribution in [3.05, 3.63) is 12.7 Å². The highest BCUT2D eigenvalue weighted by Gasteiger charge is 2.24. The first-order valence-corrected chi connectivity index (χ1v) is 6.39. The van der Waals surface area contributed by atoms with Crippen molar-refractivity contribution in [1.29, 1.82) is 0 Å². The van der Waals surface area contributed by atoms with E-state index in [1.807, 2.05) is 11.9 Å². The molecule has 1 fully saturated rings. The van der Waals surface area contributed by atoms with Crippen LogP contribution in [-0.2, 0) is 9.53 Å². The second kappa shape index (κ2) is 8.25. The number of carbonyl (C=O) groups excluding carboxylic acids is 1. The van der Waals surface area contributed by atoms with Gasteiger partial charge < -0.3 is 15.0 Å². The number of hydrogen-bond donors (Lipinski definition) is 1. The van der Waals surface area contributed by atoms with Crippen molar-refractivity contribution in [2.45, 2.75) is 19.3 Å². The molecule has 0 spiro atoms. The van der Waals surface area contributed by atoms with Crippen LogP contribution in [0.4, 0.5) is 0 Å². The van der Waals surface area contributed by atoms with Crippen LogP contribution in [0.15, 0.2) is 12.7 Å². The number of ether oxygens (including phenoxy) is 1. The van der Waals surface area contributed by atoms with Gasteiger partial charge in [-0.3, -0.25) is 4.79 Å². The molecule has 1 rings (SSSR count). The van der Waals surface area contributed by atoms with E-state index in [1.165, 1.54) is 0 Å². The number of carbonyl (C=O) groups is 1. The molecule has 0 bridgehead atoms. The van der Waals surface area contributed by atoms with Crippen molar-refractivity contribution in [1.82, 2.24) is 10.2 Å². The highest BCUT2D eigenvalue weighted by molar-refractivity contribution is 5.76. The van der Waals surface area contributed by atoms with Gasteiger partial charge in [0, 0.05) is 26.1 Å². The molecule has 0 aromatic rings. The predicted molar refractivity (Wildman–Crippen MR) is 68.9 cm³/mol. The number of nitrogens with one attached hydrogen (secondary N) is 1. The normalized spacial score (nSPS) is 19.6. The summed E-state index contributed by atoms with van der Waals surface area (Å²) in [6, 6.07) is 0. The summed E-state index contributed by atoms with van der Waals surface area (Å²) in [5.41, 5.74) is 0. The molecule has 1 N–H and O–H groups in total. The molecule has 0 aliphatic carbocycles.